The Hall–Kier alpha value is -2.95. The normalized spacial score (nSPS) is 13.5. The molecule has 0 saturated carbocycles. The molecule has 0 atom stereocenters. The number of hydrogen-bond donors (Lipinski definition) is 2. The van der Waals surface area contributed by atoms with Crippen molar-refractivity contribution < 1.29 is 24.4 Å². The zero-order chi connectivity index (χ0) is 14.3. The third kappa shape index (κ3) is 1.68. The van der Waals surface area contributed by atoms with Crippen molar-refractivity contribution in [2.75, 3.05) is 0 Å². The summed E-state index contributed by atoms with van der Waals surface area (Å²) < 4.78 is 1.33. The largest absolute Gasteiger partial charge is 0.502 e. The van der Waals surface area contributed by atoms with E-state index in [1.54, 1.807) is 24.3 Å². The minimum absolute atomic E-state index is 0.0385. The maximum atomic E-state index is 12.3. The standard InChI is InChI=1S/C15H9NO4/c17-13-10-5-1-2-6-11(10)14(18)12(13)16-7-3-4-9(8-16)15(19)20/h1-8H,(H-,17,18,19,20)/p+1. The molecule has 0 aliphatic heterocycles. The molecule has 0 fully saturated rings. The third-order valence-electron chi connectivity index (χ3n) is 3.17. The minimum atomic E-state index is -1.10. The molecule has 1 aliphatic rings. The van der Waals surface area contributed by atoms with Gasteiger partial charge in [0.25, 0.3) is 5.78 Å². The smallest absolute Gasteiger partial charge is 0.341 e. The Morgan fingerprint density at radius 3 is 2.40 bits per heavy atom. The summed E-state index contributed by atoms with van der Waals surface area (Å²) in [7, 11) is 0. The summed E-state index contributed by atoms with van der Waals surface area (Å²) in [5.74, 6) is -1.56. The molecule has 3 rings (SSSR count). The van der Waals surface area contributed by atoms with Crippen molar-refractivity contribution in [3.05, 3.63) is 65.5 Å². The lowest BCUT2D eigenvalue weighted by atomic mass is 10.1. The monoisotopic (exact) mass is 268 g/mol. The number of aromatic nitrogens is 1. The number of rotatable bonds is 2. The van der Waals surface area contributed by atoms with E-state index in [0.717, 1.165) is 0 Å². The van der Waals surface area contributed by atoms with Gasteiger partial charge in [-0.2, -0.15) is 4.57 Å². The van der Waals surface area contributed by atoms with Gasteiger partial charge in [0.2, 0.25) is 5.76 Å². The molecule has 5 nitrogen and oxygen atoms in total. The molecule has 1 heterocycles. The Balaban J connectivity index is 2.17. The topological polar surface area (TPSA) is 78.5 Å². The summed E-state index contributed by atoms with van der Waals surface area (Å²) in [5, 5.41) is 19.2. The molecule has 0 spiro atoms. The number of aromatic carboxylic acids is 1. The second-order valence-electron chi connectivity index (χ2n) is 4.38. The van der Waals surface area contributed by atoms with Crippen LogP contribution in [0.3, 0.4) is 0 Å². The van der Waals surface area contributed by atoms with Crippen LogP contribution in [0.25, 0.3) is 11.5 Å². The number of carboxylic acid groups (broad SMARTS) is 1. The molecular formula is C15H10NO4+. The number of allylic oxidation sites excluding steroid dienone is 1. The van der Waals surface area contributed by atoms with Crippen molar-refractivity contribution in [3.8, 4) is 0 Å². The van der Waals surface area contributed by atoms with Crippen molar-refractivity contribution in [2.45, 2.75) is 0 Å². The summed E-state index contributed by atoms with van der Waals surface area (Å²) in [4.78, 5) is 23.3. The van der Waals surface area contributed by atoms with Crippen LogP contribution in [0.5, 0.6) is 0 Å². The molecule has 1 aromatic carbocycles. The zero-order valence-corrected chi connectivity index (χ0v) is 10.3. The first kappa shape index (κ1) is 12.1. The lowest BCUT2D eigenvalue weighted by Gasteiger charge is -1.97. The van der Waals surface area contributed by atoms with Crippen molar-refractivity contribution in [1.82, 2.24) is 0 Å². The molecule has 1 aliphatic carbocycles. The Morgan fingerprint density at radius 1 is 1.05 bits per heavy atom. The van der Waals surface area contributed by atoms with Crippen molar-refractivity contribution in [1.29, 1.82) is 0 Å². The van der Waals surface area contributed by atoms with E-state index in [0.29, 0.717) is 11.1 Å². The first-order valence-corrected chi connectivity index (χ1v) is 5.92. The summed E-state index contributed by atoms with van der Waals surface area (Å²) in [5.41, 5.74) is 0.972. The predicted molar refractivity (Wildman–Crippen MR) is 70.1 cm³/mol. The van der Waals surface area contributed by atoms with E-state index in [4.69, 9.17) is 5.11 Å². The number of pyridine rings is 1. The van der Waals surface area contributed by atoms with Crippen molar-refractivity contribution in [2.24, 2.45) is 0 Å². The van der Waals surface area contributed by atoms with Gasteiger partial charge < -0.3 is 10.2 Å². The molecular weight excluding hydrogens is 258 g/mol. The van der Waals surface area contributed by atoms with Crippen LogP contribution in [0.2, 0.25) is 0 Å². The number of carbonyl (C=O) groups excluding carboxylic acids is 1. The highest BCUT2D eigenvalue weighted by molar-refractivity contribution is 6.32. The third-order valence-corrected chi connectivity index (χ3v) is 3.17. The minimum Gasteiger partial charge on any atom is -0.502 e. The summed E-state index contributed by atoms with van der Waals surface area (Å²) in [6.07, 6.45) is 2.83. The van der Waals surface area contributed by atoms with Crippen LogP contribution in [0.4, 0.5) is 0 Å². The molecule has 0 unspecified atom stereocenters. The molecule has 0 amide bonds. The second-order valence-corrected chi connectivity index (χ2v) is 4.38. The Kier molecular flexibility index (Phi) is 2.61. The molecule has 2 aromatic rings. The maximum absolute atomic E-state index is 12.3. The molecule has 0 saturated heterocycles. The quantitative estimate of drug-likeness (QED) is 0.813. The average Bonchev–Trinajstić information content (AvgIpc) is 2.72. The number of hydrogen-bond acceptors (Lipinski definition) is 3. The number of benzene rings is 1. The van der Waals surface area contributed by atoms with Crippen LogP contribution in [0.15, 0.2) is 48.8 Å². The van der Waals surface area contributed by atoms with E-state index in [-0.39, 0.29) is 22.8 Å². The lowest BCUT2D eigenvalue weighted by Crippen LogP contribution is -2.35. The van der Waals surface area contributed by atoms with Crippen molar-refractivity contribution in [3.63, 3.8) is 0 Å². The highest BCUT2D eigenvalue weighted by atomic mass is 16.4. The van der Waals surface area contributed by atoms with Gasteiger partial charge >= 0.3 is 11.7 Å². The van der Waals surface area contributed by atoms with E-state index in [1.165, 1.54) is 29.1 Å². The molecule has 5 heteroatoms. The molecule has 20 heavy (non-hydrogen) atoms. The molecule has 1 aromatic heterocycles. The van der Waals surface area contributed by atoms with Gasteiger partial charge in [0.1, 0.15) is 5.56 Å². The van der Waals surface area contributed by atoms with Crippen LogP contribution >= 0.6 is 0 Å². The fourth-order valence-corrected chi connectivity index (χ4v) is 2.23. The van der Waals surface area contributed by atoms with Crippen LogP contribution in [-0.2, 0) is 0 Å². The van der Waals surface area contributed by atoms with Crippen LogP contribution in [0, 0.1) is 0 Å². The number of carboxylic acids is 1. The van der Waals surface area contributed by atoms with Crippen LogP contribution in [-0.4, -0.2) is 22.0 Å². The van der Waals surface area contributed by atoms with Crippen molar-refractivity contribution >= 4 is 23.2 Å². The van der Waals surface area contributed by atoms with Gasteiger partial charge in [-0.05, 0) is 6.07 Å². The number of aliphatic hydroxyl groups is 1. The van der Waals surface area contributed by atoms with E-state index in [2.05, 4.69) is 0 Å². The maximum Gasteiger partial charge on any atom is 0.341 e. The highest BCUT2D eigenvalue weighted by Crippen LogP contribution is 2.30. The fourth-order valence-electron chi connectivity index (χ4n) is 2.23. The van der Waals surface area contributed by atoms with E-state index in [9.17, 15) is 14.7 Å². The SMILES string of the molecule is O=C(O)c1ccc[n+](C2=C(O)c3ccccc3C2=O)c1. The molecule has 0 bridgehead atoms. The fraction of sp³-hybridized carbons (Fsp3) is 0. The Morgan fingerprint density at radius 2 is 1.75 bits per heavy atom. The molecule has 2 N–H and O–H groups in total. The van der Waals surface area contributed by atoms with Crippen LogP contribution < -0.4 is 4.57 Å². The number of nitrogens with zero attached hydrogens (tertiary/aromatic N) is 1. The van der Waals surface area contributed by atoms with Crippen LogP contribution in [0.1, 0.15) is 26.3 Å². The first-order chi connectivity index (χ1) is 9.59. The lowest BCUT2D eigenvalue weighted by molar-refractivity contribution is -0.576. The molecule has 0 radical (unpaired) electrons. The second kappa shape index (κ2) is 4.31. The van der Waals surface area contributed by atoms with Gasteiger partial charge in [-0.1, -0.05) is 24.3 Å². The average molecular weight is 268 g/mol. The summed E-state index contributed by atoms with van der Waals surface area (Å²) in [6.45, 7) is 0. The van der Waals surface area contributed by atoms with E-state index >= 15 is 0 Å². The summed E-state index contributed by atoms with van der Waals surface area (Å²) in [6, 6.07) is 9.65. The van der Waals surface area contributed by atoms with E-state index < -0.39 is 5.97 Å². The zero-order valence-electron chi connectivity index (χ0n) is 10.3. The number of fused-ring (bicyclic) bond motifs is 1. The predicted octanol–water partition coefficient (Wildman–Crippen LogP) is 1.75. The Labute approximate surface area is 114 Å². The van der Waals surface area contributed by atoms with Gasteiger partial charge in [-0.3, -0.25) is 4.79 Å². The van der Waals surface area contributed by atoms with Gasteiger partial charge in [-0.25, -0.2) is 4.79 Å². The van der Waals surface area contributed by atoms with Gasteiger partial charge in [0.15, 0.2) is 12.4 Å². The van der Waals surface area contributed by atoms with Gasteiger partial charge in [0.05, 0.1) is 0 Å². The highest BCUT2D eigenvalue weighted by Gasteiger charge is 2.37. The van der Waals surface area contributed by atoms with E-state index in [1.807, 2.05) is 0 Å². The van der Waals surface area contributed by atoms with Gasteiger partial charge in [-0.15, -0.1) is 0 Å². The number of carbonyl (C=O) groups is 2. The number of ketones is 1. The summed E-state index contributed by atoms with van der Waals surface area (Å²) >= 11 is 0. The Bertz CT molecular complexity index is 777. The van der Waals surface area contributed by atoms with Gasteiger partial charge in [0, 0.05) is 17.2 Å². The number of aliphatic hydroxyl groups excluding tert-OH is 1. The molecule has 98 valence electrons. The first-order valence-electron chi connectivity index (χ1n) is 5.92. The number of Topliss-reactive ketones (excluding diaryl/α,β-unsaturated/α-hetero) is 1.